The van der Waals surface area contributed by atoms with Crippen molar-refractivity contribution in [3.8, 4) is 5.75 Å². The maximum atomic E-state index is 12.3. The van der Waals surface area contributed by atoms with Gasteiger partial charge in [-0.2, -0.15) is 5.10 Å². The van der Waals surface area contributed by atoms with Crippen LogP contribution in [-0.2, 0) is 4.79 Å². The molecule has 138 valence electrons. The summed E-state index contributed by atoms with van der Waals surface area (Å²) >= 11 is 6.60. The molecule has 0 fully saturated rings. The van der Waals surface area contributed by atoms with E-state index in [4.69, 9.17) is 0 Å². The number of hydrogen-bond donors (Lipinski definition) is 3. The minimum absolute atomic E-state index is 0.0542. The molecular weight excluding hydrogens is 474 g/mol. The zero-order chi connectivity index (χ0) is 19.4. The van der Waals surface area contributed by atoms with Gasteiger partial charge in [0.1, 0.15) is 11.8 Å². The maximum Gasteiger partial charge on any atom is 0.262 e. The van der Waals surface area contributed by atoms with Gasteiger partial charge >= 0.3 is 0 Å². The van der Waals surface area contributed by atoms with E-state index in [0.29, 0.717) is 10.0 Å². The van der Waals surface area contributed by atoms with E-state index in [-0.39, 0.29) is 11.7 Å². The largest absolute Gasteiger partial charge is 0.506 e. The molecule has 3 aromatic rings. The molecule has 0 saturated heterocycles. The molecular formula is C20H17Br2N3O2. The summed E-state index contributed by atoms with van der Waals surface area (Å²) in [6.07, 6.45) is 1.39. The molecule has 0 aliphatic carbocycles. The second kappa shape index (κ2) is 8.54. The first-order valence-electron chi connectivity index (χ1n) is 8.20. The average Bonchev–Trinajstić information content (AvgIpc) is 2.65. The summed E-state index contributed by atoms with van der Waals surface area (Å²) in [5, 5.41) is 19.3. The van der Waals surface area contributed by atoms with Crippen molar-refractivity contribution in [3.05, 3.63) is 69.1 Å². The number of aromatic hydroxyl groups is 1. The Hall–Kier alpha value is -2.38. The first kappa shape index (κ1) is 19.4. The molecule has 1 atom stereocenters. The fourth-order valence-electron chi connectivity index (χ4n) is 2.54. The van der Waals surface area contributed by atoms with Gasteiger partial charge in [-0.05, 0) is 57.9 Å². The van der Waals surface area contributed by atoms with E-state index < -0.39 is 6.04 Å². The Balaban J connectivity index is 1.63. The number of hydrazone groups is 1. The summed E-state index contributed by atoms with van der Waals surface area (Å²) in [6, 6.07) is 16.9. The molecule has 27 heavy (non-hydrogen) atoms. The minimum atomic E-state index is -0.480. The summed E-state index contributed by atoms with van der Waals surface area (Å²) < 4.78 is 1.32. The highest BCUT2D eigenvalue weighted by atomic mass is 79.9. The van der Waals surface area contributed by atoms with Gasteiger partial charge in [-0.15, -0.1) is 0 Å². The van der Waals surface area contributed by atoms with E-state index >= 15 is 0 Å². The van der Waals surface area contributed by atoms with Crippen LogP contribution < -0.4 is 10.7 Å². The molecule has 1 amide bonds. The fourth-order valence-corrected chi connectivity index (χ4v) is 3.80. The SMILES string of the molecule is CC(Nc1ccc2ccccc2c1)C(=O)N/N=C/c1cc(Br)cc(Br)c1O. The summed E-state index contributed by atoms with van der Waals surface area (Å²) in [7, 11) is 0. The number of phenolic OH excluding ortho intramolecular Hbond substituents is 1. The van der Waals surface area contributed by atoms with Gasteiger partial charge < -0.3 is 10.4 Å². The van der Waals surface area contributed by atoms with Crippen molar-refractivity contribution >= 4 is 60.4 Å². The fraction of sp³-hybridized carbons (Fsp3) is 0.100. The Bertz CT molecular complexity index is 1020. The Morgan fingerprint density at radius 2 is 1.85 bits per heavy atom. The number of benzene rings is 3. The lowest BCUT2D eigenvalue weighted by Crippen LogP contribution is -2.34. The molecule has 0 aliphatic heterocycles. The van der Waals surface area contributed by atoms with Crippen LogP contribution in [0.4, 0.5) is 5.69 Å². The zero-order valence-corrected chi connectivity index (χ0v) is 17.6. The monoisotopic (exact) mass is 489 g/mol. The van der Waals surface area contributed by atoms with Crippen LogP contribution >= 0.6 is 31.9 Å². The molecule has 0 heterocycles. The Morgan fingerprint density at radius 3 is 2.63 bits per heavy atom. The predicted octanol–water partition coefficient (Wildman–Crippen LogP) is 5.02. The van der Waals surface area contributed by atoms with Crippen LogP contribution in [0.2, 0.25) is 0 Å². The highest BCUT2D eigenvalue weighted by Gasteiger charge is 2.12. The third kappa shape index (κ3) is 4.87. The lowest BCUT2D eigenvalue weighted by atomic mass is 10.1. The zero-order valence-electron chi connectivity index (χ0n) is 14.4. The van der Waals surface area contributed by atoms with Crippen molar-refractivity contribution in [3.63, 3.8) is 0 Å². The lowest BCUT2D eigenvalue weighted by molar-refractivity contribution is -0.121. The van der Waals surface area contributed by atoms with Crippen LogP contribution in [0.1, 0.15) is 12.5 Å². The van der Waals surface area contributed by atoms with Gasteiger partial charge in [0.2, 0.25) is 0 Å². The van der Waals surface area contributed by atoms with E-state index in [1.807, 2.05) is 42.5 Å². The number of nitrogens with one attached hydrogen (secondary N) is 2. The number of halogens is 2. The van der Waals surface area contributed by atoms with Crippen molar-refractivity contribution in [1.82, 2.24) is 5.43 Å². The number of carbonyl (C=O) groups is 1. The van der Waals surface area contributed by atoms with Gasteiger partial charge in [-0.3, -0.25) is 4.79 Å². The molecule has 3 aromatic carbocycles. The van der Waals surface area contributed by atoms with E-state index in [1.54, 1.807) is 19.1 Å². The van der Waals surface area contributed by atoms with Crippen molar-refractivity contribution in [2.24, 2.45) is 5.10 Å². The van der Waals surface area contributed by atoms with Gasteiger partial charge in [0.05, 0.1) is 10.7 Å². The van der Waals surface area contributed by atoms with Crippen molar-refractivity contribution in [2.75, 3.05) is 5.32 Å². The van der Waals surface area contributed by atoms with Crippen molar-refractivity contribution < 1.29 is 9.90 Å². The molecule has 3 rings (SSSR count). The van der Waals surface area contributed by atoms with Gasteiger partial charge in [0.25, 0.3) is 5.91 Å². The molecule has 0 bridgehead atoms. The molecule has 0 saturated carbocycles. The third-order valence-electron chi connectivity index (χ3n) is 3.96. The molecule has 0 spiro atoms. The van der Waals surface area contributed by atoms with Crippen LogP contribution in [0.25, 0.3) is 10.8 Å². The molecule has 0 aliphatic rings. The third-order valence-corrected chi connectivity index (χ3v) is 5.02. The number of anilines is 1. The number of rotatable bonds is 5. The van der Waals surface area contributed by atoms with Crippen molar-refractivity contribution in [2.45, 2.75) is 13.0 Å². The number of carbonyl (C=O) groups excluding carboxylic acids is 1. The number of amides is 1. The van der Waals surface area contributed by atoms with Gasteiger partial charge in [0, 0.05) is 15.7 Å². The molecule has 7 heteroatoms. The molecule has 5 nitrogen and oxygen atoms in total. The smallest absolute Gasteiger partial charge is 0.262 e. The van der Waals surface area contributed by atoms with Gasteiger partial charge in [0.15, 0.2) is 0 Å². The Kier molecular flexibility index (Phi) is 6.13. The maximum absolute atomic E-state index is 12.3. The molecule has 1 unspecified atom stereocenters. The quantitative estimate of drug-likeness (QED) is 0.347. The lowest BCUT2D eigenvalue weighted by Gasteiger charge is -2.14. The van der Waals surface area contributed by atoms with E-state index in [1.165, 1.54) is 6.21 Å². The second-order valence-electron chi connectivity index (χ2n) is 5.99. The van der Waals surface area contributed by atoms with Gasteiger partial charge in [-0.25, -0.2) is 5.43 Å². The molecule has 3 N–H and O–H groups in total. The van der Waals surface area contributed by atoms with Crippen LogP contribution in [-0.4, -0.2) is 23.3 Å². The second-order valence-corrected chi connectivity index (χ2v) is 7.76. The highest BCUT2D eigenvalue weighted by Crippen LogP contribution is 2.30. The summed E-state index contributed by atoms with van der Waals surface area (Å²) in [5.74, 6) is -0.230. The normalized spacial score (nSPS) is 12.3. The predicted molar refractivity (Wildman–Crippen MR) is 116 cm³/mol. The first-order valence-corrected chi connectivity index (χ1v) is 9.79. The van der Waals surface area contributed by atoms with Crippen LogP contribution in [0.3, 0.4) is 0 Å². The Morgan fingerprint density at radius 1 is 1.11 bits per heavy atom. The molecule has 0 radical (unpaired) electrons. The topological polar surface area (TPSA) is 73.7 Å². The Labute approximate surface area is 173 Å². The van der Waals surface area contributed by atoms with Crippen LogP contribution in [0, 0.1) is 0 Å². The molecule has 0 aromatic heterocycles. The van der Waals surface area contributed by atoms with Gasteiger partial charge in [-0.1, -0.05) is 46.3 Å². The highest BCUT2D eigenvalue weighted by molar-refractivity contribution is 9.11. The standard InChI is InChI=1S/C20H17Br2N3O2/c1-12(24-17-7-6-13-4-2-3-5-14(13)9-17)20(27)25-23-11-15-8-16(21)10-18(22)19(15)26/h2-12,24,26H,1H3,(H,25,27)/b23-11+. The number of nitrogens with zero attached hydrogens (tertiary/aromatic N) is 1. The van der Waals surface area contributed by atoms with E-state index in [0.717, 1.165) is 20.9 Å². The first-order chi connectivity index (χ1) is 12.9. The van der Waals surface area contributed by atoms with Crippen molar-refractivity contribution in [1.29, 1.82) is 0 Å². The summed E-state index contributed by atoms with van der Waals surface area (Å²) in [5.41, 5.74) is 3.81. The number of phenols is 1. The minimum Gasteiger partial charge on any atom is -0.506 e. The van der Waals surface area contributed by atoms with Crippen LogP contribution in [0.15, 0.2) is 68.6 Å². The summed E-state index contributed by atoms with van der Waals surface area (Å²) in [6.45, 7) is 1.76. The summed E-state index contributed by atoms with van der Waals surface area (Å²) in [4.78, 5) is 12.3. The van der Waals surface area contributed by atoms with Crippen LogP contribution in [0.5, 0.6) is 5.75 Å². The number of hydrogen-bond acceptors (Lipinski definition) is 4. The number of fused-ring (bicyclic) bond motifs is 1. The van der Waals surface area contributed by atoms with E-state index in [2.05, 4.69) is 47.7 Å². The van der Waals surface area contributed by atoms with E-state index in [9.17, 15) is 9.90 Å². The average molecular weight is 491 g/mol.